The van der Waals surface area contributed by atoms with Crippen LogP contribution in [0.2, 0.25) is 0 Å². The number of nitrogens with two attached hydrogens (primary N) is 1. The molecule has 0 fully saturated rings. The molecule has 11 heavy (non-hydrogen) atoms. The summed E-state index contributed by atoms with van der Waals surface area (Å²) in [6, 6.07) is 0. The van der Waals surface area contributed by atoms with Gasteiger partial charge in [0.1, 0.15) is 10.8 Å². The summed E-state index contributed by atoms with van der Waals surface area (Å²) >= 11 is 1.32. The molecule has 4 nitrogen and oxygen atoms in total. The van der Waals surface area contributed by atoms with Crippen molar-refractivity contribution in [1.29, 1.82) is 0 Å². The van der Waals surface area contributed by atoms with Crippen LogP contribution in [0.15, 0.2) is 0 Å². The van der Waals surface area contributed by atoms with E-state index in [1.165, 1.54) is 11.5 Å². The maximum atomic E-state index is 10.4. The maximum absolute atomic E-state index is 10.4. The fraction of sp³-hybridized carbons (Fsp3) is 0.500. The van der Waals surface area contributed by atoms with Gasteiger partial charge in [0.2, 0.25) is 5.91 Å². The van der Waals surface area contributed by atoms with Crippen molar-refractivity contribution < 1.29 is 4.79 Å². The molecule has 0 aliphatic heterocycles. The minimum absolute atomic E-state index is 0.294. The van der Waals surface area contributed by atoms with Gasteiger partial charge in [0, 0.05) is 12.8 Å². The summed E-state index contributed by atoms with van der Waals surface area (Å²) in [6.07, 6.45) is 0.968. The van der Waals surface area contributed by atoms with Crippen molar-refractivity contribution in [3.8, 4) is 0 Å². The number of hydrogen-bond donors (Lipinski definition) is 1. The summed E-state index contributed by atoms with van der Waals surface area (Å²) in [6.45, 7) is 1.82. The third-order valence-corrected chi connectivity index (χ3v) is 2.02. The lowest BCUT2D eigenvalue weighted by atomic mass is 10.3. The van der Waals surface area contributed by atoms with Gasteiger partial charge < -0.3 is 5.73 Å². The second kappa shape index (κ2) is 3.43. The second-order valence-electron chi connectivity index (χ2n) is 2.20. The van der Waals surface area contributed by atoms with E-state index >= 15 is 0 Å². The molecule has 0 bridgehead atoms. The highest BCUT2D eigenvalue weighted by atomic mass is 32.1. The summed E-state index contributed by atoms with van der Waals surface area (Å²) in [5.74, 6) is 0.465. The molecule has 1 aromatic heterocycles. The Bertz CT molecular complexity index is 258. The summed E-state index contributed by atoms with van der Waals surface area (Å²) < 4.78 is 3.97. The predicted molar refractivity (Wildman–Crippen MR) is 42.2 cm³/mol. The molecule has 0 spiro atoms. The van der Waals surface area contributed by atoms with Gasteiger partial charge in [-0.2, -0.15) is 4.37 Å². The highest BCUT2D eigenvalue weighted by Crippen LogP contribution is 2.05. The molecular weight excluding hydrogens is 162 g/mol. The minimum Gasteiger partial charge on any atom is -0.370 e. The zero-order valence-corrected chi connectivity index (χ0v) is 7.02. The van der Waals surface area contributed by atoms with Crippen LogP contribution in [-0.2, 0) is 11.2 Å². The third-order valence-electron chi connectivity index (χ3n) is 1.15. The van der Waals surface area contributed by atoms with Gasteiger partial charge in [-0.1, -0.05) is 0 Å². The molecule has 0 atom stereocenters. The zero-order chi connectivity index (χ0) is 8.27. The molecule has 2 N–H and O–H groups in total. The molecule has 0 aliphatic rings. The van der Waals surface area contributed by atoms with Crippen LogP contribution in [0.5, 0.6) is 0 Å². The molecule has 0 unspecified atom stereocenters. The first-order chi connectivity index (χ1) is 5.18. The monoisotopic (exact) mass is 171 g/mol. The first kappa shape index (κ1) is 8.13. The molecule has 0 aliphatic carbocycles. The van der Waals surface area contributed by atoms with Crippen molar-refractivity contribution in [2.75, 3.05) is 0 Å². The maximum Gasteiger partial charge on any atom is 0.217 e. The van der Waals surface area contributed by atoms with Gasteiger partial charge in [-0.05, 0) is 18.5 Å². The molecule has 0 radical (unpaired) electrons. The lowest BCUT2D eigenvalue weighted by Crippen LogP contribution is -2.11. The average Bonchev–Trinajstić information content (AvgIpc) is 2.31. The van der Waals surface area contributed by atoms with Gasteiger partial charge in [0.05, 0.1) is 0 Å². The molecule has 1 aromatic rings. The largest absolute Gasteiger partial charge is 0.370 e. The fourth-order valence-corrected chi connectivity index (χ4v) is 1.32. The van der Waals surface area contributed by atoms with E-state index in [-0.39, 0.29) is 5.91 Å². The Balaban J connectivity index is 2.45. The second-order valence-corrected chi connectivity index (χ2v) is 3.04. The zero-order valence-electron chi connectivity index (χ0n) is 6.20. The van der Waals surface area contributed by atoms with Crippen molar-refractivity contribution >= 4 is 17.4 Å². The van der Waals surface area contributed by atoms with E-state index in [1.807, 2.05) is 6.92 Å². The van der Waals surface area contributed by atoms with Gasteiger partial charge in [-0.3, -0.25) is 4.79 Å². The normalized spacial score (nSPS) is 9.91. The molecule has 60 valence electrons. The van der Waals surface area contributed by atoms with Crippen LogP contribution >= 0.6 is 11.5 Å². The highest BCUT2D eigenvalue weighted by Gasteiger charge is 2.01. The van der Waals surface area contributed by atoms with Crippen LogP contribution in [0, 0.1) is 6.92 Å². The van der Waals surface area contributed by atoms with Crippen molar-refractivity contribution in [3.05, 3.63) is 10.8 Å². The molecule has 0 saturated carbocycles. The Morgan fingerprint density at radius 2 is 2.45 bits per heavy atom. The van der Waals surface area contributed by atoms with Crippen molar-refractivity contribution in [2.45, 2.75) is 19.8 Å². The van der Waals surface area contributed by atoms with E-state index in [0.29, 0.717) is 12.8 Å². The minimum atomic E-state index is -0.294. The number of hydrogen-bond acceptors (Lipinski definition) is 4. The lowest BCUT2D eigenvalue weighted by molar-refractivity contribution is -0.117. The molecular formula is C6H9N3OS. The summed E-state index contributed by atoms with van der Waals surface area (Å²) in [5, 5.41) is 0.876. The van der Waals surface area contributed by atoms with E-state index in [2.05, 4.69) is 9.36 Å². The van der Waals surface area contributed by atoms with Gasteiger partial charge in [-0.15, -0.1) is 0 Å². The molecule has 5 heteroatoms. The van der Waals surface area contributed by atoms with E-state index in [9.17, 15) is 4.79 Å². The molecule has 0 saturated heterocycles. The standard InChI is InChI=1S/C6H9N3OS/c1-4-8-6(11-9-4)3-2-5(7)10/h2-3H2,1H3,(H2,7,10). The van der Waals surface area contributed by atoms with E-state index in [1.54, 1.807) is 0 Å². The Morgan fingerprint density at radius 1 is 1.73 bits per heavy atom. The molecule has 1 rings (SSSR count). The first-order valence-electron chi connectivity index (χ1n) is 3.26. The van der Waals surface area contributed by atoms with Crippen LogP contribution in [0.3, 0.4) is 0 Å². The number of carbonyl (C=O) groups excluding carboxylic acids is 1. The average molecular weight is 171 g/mol. The smallest absolute Gasteiger partial charge is 0.217 e. The van der Waals surface area contributed by atoms with Crippen LogP contribution in [0.4, 0.5) is 0 Å². The number of carbonyl (C=O) groups is 1. The Labute approximate surface area is 68.6 Å². The van der Waals surface area contributed by atoms with E-state index in [0.717, 1.165) is 10.8 Å². The first-order valence-corrected chi connectivity index (χ1v) is 4.03. The molecule has 1 amide bonds. The van der Waals surface area contributed by atoms with Crippen molar-refractivity contribution in [2.24, 2.45) is 5.73 Å². The Hall–Kier alpha value is -0.970. The SMILES string of the molecule is Cc1nsc(CCC(N)=O)n1. The fourth-order valence-electron chi connectivity index (χ4n) is 0.672. The number of aryl methyl sites for hydroxylation is 2. The third kappa shape index (κ3) is 2.63. The predicted octanol–water partition coefficient (Wildman–Crippen LogP) is 0.264. The van der Waals surface area contributed by atoms with Crippen LogP contribution in [-0.4, -0.2) is 15.3 Å². The quantitative estimate of drug-likeness (QED) is 0.709. The summed E-state index contributed by atoms with van der Waals surface area (Å²) in [4.78, 5) is 14.4. The summed E-state index contributed by atoms with van der Waals surface area (Å²) in [5.41, 5.74) is 4.96. The number of aromatic nitrogens is 2. The number of nitrogens with zero attached hydrogens (tertiary/aromatic N) is 2. The highest BCUT2D eigenvalue weighted by molar-refractivity contribution is 7.05. The van der Waals surface area contributed by atoms with E-state index in [4.69, 9.17) is 5.73 Å². The molecule has 1 heterocycles. The van der Waals surface area contributed by atoms with Gasteiger partial charge in [0.25, 0.3) is 0 Å². The van der Waals surface area contributed by atoms with Crippen LogP contribution in [0.1, 0.15) is 17.3 Å². The van der Waals surface area contributed by atoms with Gasteiger partial charge in [-0.25, -0.2) is 4.98 Å². The number of primary amides is 1. The van der Waals surface area contributed by atoms with Crippen LogP contribution < -0.4 is 5.73 Å². The Morgan fingerprint density at radius 3 is 2.91 bits per heavy atom. The van der Waals surface area contributed by atoms with Crippen molar-refractivity contribution in [1.82, 2.24) is 9.36 Å². The lowest BCUT2D eigenvalue weighted by Gasteiger charge is -1.88. The van der Waals surface area contributed by atoms with Crippen molar-refractivity contribution in [3.63, 3.8) is 0 Å². The Kier molecular flexibility index (Phi) is 2.53. The summed E-state index contributed by atoms with van der Waals surface area (Å²) in [7, 11) is 0. The van der Waals surface area contributed by atoms with Gasteiger partial charge in [0.15, 0.2) is 0 Å². The topological polar surface area (TPSA) is 68.9 Å². The van der Waals surface area contributed by atoms with E-state index < -0.39 is 0 Å². The molecule has 0 aromatic carbocycles. The number of amides is 1. The number of rotatable bonds is 3. The van der Waals surface area contributed by atoms with Gasteiger partial charge >= 0.3 is 0 Å². The van der Waals surface area contributed by atoms with Crippen LogP contribution in [0.25, 0.3) is 0 Å².